The fraction of sp³-hybridized carbons (Fsp3) is 0.611. The van der Waals surface area contributed by atoms with Crippen LogP contribution < -0.4 is 0 Å². The zero-order valence-corrected chi connectivity index (χ0v) is 14.6. The molecule has 2 aliphatic rings. The maximum absolute atomic E-state index is 12.9. The highest BCUT2D eigenvalue weighted by atomic mass is 32.2. The van der Waals surface area contributed by atoms with Gasteiger partial charge in [0.05, 0.1) is 16.2 Å². The third kappa shape index (κ3) is 3.16. The highest BCUT2D eigenvalue weighted by Gasteiger charge is 2.41. The van der Waals surface area contributed by atoms with Gasteiger partial charge in [-0.05, 0) is 36.8 Å². The second-order valence-corrected chi connectivity index (χ2v) is 9.18. The van der Waals surface area contributed by atoms with Crippen LogP contribution in [0.15, 0.2) is 29.2 Å². The Balaban J connectivity index is 1.85. The van der Waals surface area contributed by atoms with Crippen LogP contribution in [0.3, 0.4) is 0 Å². The highest BCUT2D eigenvalue weighted by molar-refractivity contribution is 7.91. The number of rotatable bonds is 3. The van der Waals surface area contributed by atoms with Crippen LogP contribution >= 0.6 is 0 Å². The summed E-state index contributed by atoms with van der Waals surface area (Å²) in [5.41, 5.74) is 0.620. The smallest absolute Gasteiger partial charge is 0.255 e. The lowest BCUT2D eigenvalue weighted by Crippen LogP contribution is -2.34. The second-order valence-electron chi connectivity index (χ2n) is 6.94. The molecule has 126 valence electrons. The lowest BCUT2D eigenvalue weighted by atomic mass is 9.73. The van der Waals surface area contributed by atoms with Crippen molar-refractivity contribution in [1.82, 2.24) is 4.90 Å². The number of amides is 1. The number of likely N-dealkylation sites (tertiary alicyclic amines) is 1. The van der Waals surface area contributed by atoms with Gasteiger partial charge in [-0.15, -0.1) is 0 Å². The van der Waals surface area contributed by atoms with Gasteiger partial charge in [0.2, 0.25) is 0 Å². The van der Waals surface area contributed by atoms with Crippen LogP contribution in [0.4, 0.5) is 0 Å². The van der Waals surface area contributed by atoms with Crippen molar-refractivity contribution in [3.8, 4) is 0 Å². The molecule has 1 saturated carbocycles. The first-order chi connectivity index (χ1) is 11.0. The van der Waals surface area contributed by atoms with Gasteiger partial charge in [-0.1, -0.05) is 38.3 Å². The van der Waals surface area contributed by atoms with E-state index in [2.05, 4.69) is 0 Å². The van der Waals surface area contributed by atoms with Crippen molar-refractivity contribution in [2.45, 2.75) is 50.3 Å². The summed E-state index contributed by atoms with van der Waals surface area (Å²) in [6.07, 6.45) is 7.26. The van der Waals surface area contributed by atoms with E-state index in [-0.39, 0.29) is 22.0 Å². The molecule has 1 spiro atoms. The molecule has 1 aliphatic carbocycles. The zero-order chi connectivity index (χ0) is 16.5. The van der Waals surface area contributed by atoms with E-state index < -0.39 is 9.84 Å². The molecule has 4 nitrogen and oxygen atoms in total. The average Bonchev–Trinajstić information content (AvgIpc) is 2.98. The van der Waals surface area contributed by atoms with E-state index >= 15 is 0 Å². The molecule has 0 aromatic heterocycles. The zero-order valence-electron chi connectivity index (χ0n) is 13.8. The molecular formula is C18H25NO3S. The number of benzene rings is 1. The first-order valence-corrected chi connectivity index (χ1v) is 10.2. The summed E-state index contributed by atoms with van der Waals surface area (Å²) in [4.78, 5) is 15.0. The number of sulfone groups is 1. The van der Waals surface area contributed by atoms with Crippen LogP contribution in [0.2, 0.25) is 0 Å². The van der Waals surface area contributed by atoms with Crippen LogP contribution in [0.5, 0.6) is 0 Å². The molecular weight excluding hydrogens is 310 g/mol. The summed E-state index contributed by atoms with van der Waals surface area (Å²) in [5, 5.41) is 0. The van der Waals surface area contributed by atoms with E-state index in [1.54, 1.807) is 31.2 Å². The molecule has 0 unspecified atom stereocenters. The number of carbonyl (C=O) groups is 1. The van der Waals surface area contributed by atoms with Crippen LogP contribution in [-0.2, 0) is 9.84 Å². The summed E-state index contributed by atoms with van der Waals surface area (Å²) in [7, 11) is -3.38. The van der Waals surface area contributed by atoms with Gasteiger partial charge in [-0.3, -0.25) is 4.79 Å². The minimum atomic E-state index is -3.38. The summed E-state index contributed by atoms with van der Waals surface area (Å²) in [6.45, 7) is 3.15. The van der Waals surface area contributed by atoms with Crippen LogP contribution in [-0.4, -0.2) is 38.1 Å². The minimum Gasteiger partial charge on any atom is -0.338 e. The van der Waals surface area contributed by atoms with Crippen molar-refractivity contribution < 1.29 is 13.2 Å². The van der Waals surface area contributed by atoms with E-state index in [9.17, 15) is 13.2 Å². The van der Waals surface area contributed by atoms with Crippen molar-refractivity contribution in [2.75, 3.05) is 18.8 Å². The van der Waals surface area contributed by atoms with Gasteiger partial charge in [0.25, 0.3) is 5.91 Å². The SMILES string of the molecule is CCS(=O)(=O)c1ccccc1C(=O)N1CCC2(CCCCC2)C1. The Labute approximate surface area is 138 Å². The molecule has 0 radical (unpaired) electrons. The standard InChI is InChI=1S/C18H25NO3S/c1-2-23(21,22)16-9-5-4-8-15(16)17(20)19-13-12-18(14-19)10-6-3-7-11-18/h4-5,8-9H,2-3,6-7,10-14H2,1H3. The normalized spacial score (nSPS) is 20.8. The van der Waals surface area contributed by atoms with E-state index in [1.165, 1.54) is 32.1 Å². The number of hydrogen-bond donors (Lipinski definition) is 0. The molecule has 3 rings (SSSR count). The molecule has 23 heavy (non-hydrogen) atoms. The Bertz CT molecular complexity index is 690. The number of nitrogens with zero attached hydrogens (tertiary/aromatic N) is 1. The predicted molar refractivity (Wildman–Crippen MR) is 90.2 cm³/mol. The molecule has 2 fully saturated rings. The van der Waals surface area contributed by atoms with Gasteiger partial charge in [-0.2, -0.15) is 0 Å². The Morgan fingerprint density at radius 2 is 1.83 bits per heavy atom. The molecule has 1 aromatic carbocycles. The molecule has 1 aromatic rings. The number of carbonyl (C=O) groups excluding carboxylic acids is 1. The monoisotopic (exact) mass is 335 g/mol. The molecule has 1 aliphatic heterocycles. The second kappa shape index (κ2) is 6.27. The summed E-state index contributed by atoms with van der Waals surface area (Å²) < 4.78 is 24.5. The van der Waals surface area contributed by atoms with Crippen molar-refractivity contribution >= 4 is 15.7 Å². The van der Waals surface area contributed by atoms with Gasteiger partial charge < -0.3 is 4.90 Å². The van der Waals surface area contributed by atoms with Crippen LogP contribution in [0, 0.1) is 5.41 Å². The third-order valence-electron chi connectivity index (χ3n) is 5.47. The largest absolute Gasteiger partial charge is 0.338 e. The fourth-order valence-electron chi connectivity index (χ4n) is 4.06. The molecule has 0 atom stereocenters. The van der Waals surface area contributed by atoms with Gasteiger partial charge in [0.1, 0.15) is 0 Å². The topological polar surface area (TPSA) is 54.5 Å². The fourth-order valence-corrected chi connectivity index (χ4v) is 5.15. The molecule has 5 heteroatoms. The van der Waals surface area contributed by atoms with Crippen molar-refractivity contribution in [2.24, 2.45) is 5.41 Å². The van der Waals surface area contributed by atoms with Crippen molar-refractivity contribution in [1.29, 1.82) is 0 Å². The van der Waals surface area contributed by atoms with E-state index in [4.69, 9.17) is 0 Å². The maximum Gasteiger partial charge on any atom is 0.255 e. The Hall–Kier alpha value is -1.36. The van der Waals surface area contributed by atoms with Crippen LogP contribution in [0.25, 0.3) is 0 Å². The Morgan fingerprint density at radius 3 is 2.52 bits per heavy atom. The third-order valence-corrected chi connectivity index (χ3v) is 7.26. The van der Waals surface area contributed by atoms with Gasteiger partial charge in [0.15, 0.2) is 9.84 Å². The summed E-state index contributed by atoms with van der Waals surface area (Å²) >= 11 is 0. The first-order valence-electron chi connectivity index (χ1n) is 8.58. The van der Waals surface area contributed by atoms with Gasteiger partial charge >= 0.3 is 0 Å². The minimum absolute atomic E-state index is 0.0151. The maximum atomic E-state index is 12.9. The van der Waals surface area contributed by atoms with Gasteiger partial charge in [-0.25, -0.2) is 8.42 Å². The quantitative estimate of drug-likeness (QED) is 0.852. The summed E-state index contributed by atoms with van der Waals surface area (Å²) in [6, 6.07) is 6.63. The van der Waals surface area contributed by atoms with Gasteiger partial charge in [0, 0.05) is 13.1 Å². The number of hydrogen-bond acceptors (Lipinski definition) is 3. The molecule has 0 N–H and O–H groups in total. The Morgan fingerprint density at radius 1 is 1.13 bits per heavy atom. The molecule has 1 saturated heterocycles. The summed E-state index contributed by atoms with van der Waals surface area (Å²) in [5.74, 6) is -0.110. The van der Waals surface area contributed by atoms with Crippen LogP contribution in [0.1, 0.15) is 55.8 Å². The molecule has 0 bridgehead atoms. The molecule has 1 amide bonds. The highest BCUT2D eigenvalue weighted by Crippen LogP contribution is 2.44. The lowest BCUT2D eigenvalue weighted by molar-refractivity contribution is 0.0755. The average molecular weight is 335 g/mol. The molecule has 1 heterocycles. The Kier molecular flexibility index (Phi) is 4.50. The van der Waals surface area contributed by atoms with Crippen molar-refractivity contribution in [3.63, 3.8) is 0 Å². The first kappa shape index (κ1) is 16.5. The van der Waals surface area contributed by atoms with E-state index in [0.717, 1.165) is 19.5 Å². The lowest BCUT2D eigenvalue weighted by Gasteiger charge is -2.33. The van der Waals surface area contributed by atoms with Crippen molar-refractivity contribution in [3.05, 3.63) is 29.8 Å². The van der Waals surface area contributed by atoms with E-state index in [1.807, 2.05) is 4.90 Å². The predicted octanol–water partition coefficient (Wildman–Crippen LogP) is 3.28. The van der Waals surface area contributed by atoms with E-state index in [0.29, 0.717) is 5.56 Å².